The second-order valence-electron chi connectivity index (χ2n) is 6.50. The Bertz CT molecular complexity index is 541. The van der Waals surface area contributed by atoms with Gasteiger partial charge in [-0.1, -0.05) is 185 Å². The molecule has 0 unspecified atom stereocenters. The minimum absolute atomic E-state index is 0.0394. The molecule has 0 aliphatic heterocycles. The van der Waals surface area contributed by atoms with E-state index in [1.165, 1.54) is 13.3 Å². The lowest BCUT2D eigenvalue weighted by Crippen LogP contribution is -2.18. The number of nitrogens with one attached hydrogen (secondary N) is 1. The molecule has 0 atom stereocenters. The van der Waals surface area contributed by atoms with Crippen LogP contribution >= 0.6 is 0 Å². The first-order valence-corrected chi connectivity index (χ1v) is 14.8. The highest BCUT2D eigenvalue weighted by molar-refractivity contribution is 5.77. The summed E-state index contributed by atoms with van der Waals surface area (Å²) in [4.78, 5) is 20.1. The Kier molecular flexibility index (Phi) is 74.8. The molecule has 0 bridgehead atoms. The molecule has 3 aromatic rings. The Hall–Kier alpha value is -3.20. The molecule has 3 nitrogen and oxygen atoms in total. The van der Waals surface area contributed by atoms with Gasteiger partial charge in [0.05, 0.1) is 0 Å². The number of carbonyl (C=O) groups is 2. The zero-order valence-electron chi connectivity index (χ0n) is 27.5. The van der Waals surface area contributed by atoms with E-state index < -0.39 is 0 Å². The van der Waals surface area contributed by atoms with Crippen molar-refractivity contribution in [2.24, 2.45) is 0 Å². The average molecular weight is 542 g/mol. The van der Waals surface area contributed by atoms with Gasteiger partial charge in [0.1, 0.15) is 5.78 Å². The fourth-order valence-corrected chi connectivity index (χ4v) is 1.65. The van der Waals surface area contributed by atoms with Crippen LogP contribution in [0, 0.1) is 0 Å². The minimum atomic E-state index is 0.0394. The molecule has 0 saturated heterocycles. The van der Waals surface area contributed by atoms with Crippen LogP contribution in [0.4, 0.5) is 0 Å². The van der Waals surface area contributed by atoms with Crippen LogP contribution in [-0.2, 0) is 9.59 Å². The Labute approximate surface area is 244 Å². The summed E-state index contributed by atoms with van der Waals surface area (Å²) < 4.78 is 0. The molecule has 0 aliphatic carbocycles. The van der Waals surface area contributed by atoms with E-state index in [1.807, 2.05) is 172 Å². The molecular formula is C36H63NO2. The van der Waals surface area contributed by atoms with Crippen LogP contribution in [0.15, 0.2) is 109 Å². The quantitative estimate of drug-likeness (QED) is 0.358. The van der Waals surface area contributed by atoms with E-state index in [-0.39, 0.29) is 5.91 Å². The Morgan fingerprint density at radius 3 is 0.615 bits per heavy atom. The van der Waals surface area contributed by atoms with Crippen LogP contribution in [0.3, 0.4) is 0 Å². The molecule has 1 amide bonds. The second-order valence-corrected chi connectivity index (χ2v) is 6.50. The topological polar surface area (TPSA) is 46.2 Å². The average Bonchev–Trinajstić information content (AvgIpc) is 3.04. The molecule has 0 radical (unpaired) electrons. The predicted molar refractivity (Wildman–Crippen MR) is 179 cm³/mol. The van der Waals surface area contributed by atoms with Crippen LogP contribution in [0.25, 0.3) is 0 Å². The summed E-state index contributed by atoms with van der Waals surface area (Å²) in [5.41, 5.74) is 0. The van der Waals surface area contributed by atoms with E-state index in [4.69, 9.17) is 0 Å². The van der Waals surface area contributed by atoms with Gasteiger partial charge in [0.25, 0.3) is 0 Å². The van der Waals surface area contributed by atoms with Gasteiger partial charge >= 0.3 is 0 Å². The van der Waals surface area contributed by atoms with Crippen molar-refractivity contribution in [2.75, 3.05) is 6.54 Å². The summed E-state index contributed by atoms with van der Waals surface area (Å²) in [6, 6.07) is 36.0. The first-order chi connectivity index (χ1) is 19.0. The standard InChI is InChI=1S/3C6H6.C5H10O.C4H9NO.C3H8.3C2H6/c3*1-2-4-6-5-3-1;1-3-5(6)4-2;1-3-5-4(2)6;1-3-2;3*1-2/h3*1-6H;3-4H2,1-2H3;3H2,1-2H3,(H,5,6);3H2,1-2H3;3*1-2H3. The van der Waals surface area contributed by atoms with Crippen molar-refractivity contribution in [3.8, 4) is 0 Å². The molecule has 0 fully saturated rings. The van der Waals surface area contributed by atoms with E-state index in [2.05, 4.69) is 19.2 Å². The van der Waals surface area contributed by atoms with E-state index in [9.17, 15) is 9.59 Å². The predicted octanol–water partition coefficient (Wildman–Crippen LogP) is 11.1. The van der Waals surface area contributed by atoms with Crippen LogP contribution < -0.4 is 5.32 Å². The third-order valence-electron chi connectivity index (χ3n) is 3.21. The van der Waals surface area contributed by atoms with Gasteiger partial charge in [0.2, 0.25) is 5.91 Å². The molecular weight excluding hydrogens is 478 g/mol. The van der Waals surface area contributed by atoms with E-state index >= 15 is 0 Å². The highest BCUT2D eigenvalue weighted by Gasteiger charge is 1.86. The molecule has 39 heavy (non-hydrogen) atoms. The van der Waals surface area contributed by atoms with Crippen molar-refractivity contribution in [3.05, 3.63) is 109 Å². The van der Waals surface area contributed by atoms with Crippen molar-refractivity contribution in [2.45, 2.75) is 102 Å². The molecule has 0 heterocycles. The zero-order valence-corrected chi connectivity index (χ0v) is 27.5. The SMILES string of the molecule is CC.CC.CC.CCC.CCC(=O)CC.CCNC(C)=O.c1ccccc1.c1ccccc1.c1ccccc1. The van der Waals surface area contributed by atoms with Crippen molar-refractivity contribution in [1.82, 2.24) is 5.32 Å². The van der Waals surface area contributed by atoms with Gasteiger partial charge in [-0.25, -0.2) is 0 Å². The molecule has 0 aliphatic rings. The second kappa shape index (κ2) is 59.7. The Morgan fingerprint density at radius 1 is 0.436 bits per heavy atom. The maximum absolute atomic E-state index is 10.2. The number of hydrogen-bond acceptors (Lipinski definition) is 2. The minimum Gasteiger partial charge on any atom is -0.357 e. The van der Waals surface area contributed by atoms with E-state index in [0.717, 1.165) is 6.54 Å². The molecule has 0 spiro atoms. The van der Waals surface area contributed by atoms with Crippen LogP contribution in [0.5, 0.6) is 0 Å². The summed E-state index contributed by atoms with van der Waals surface area (Å²) in [7, 11) is 0. The summed E-state index contributed by atoms with van der Waals surface area (Å²) >= 11 is 0. The molecule has 1 N–H and O–H groups in total. The monoisotopic (exact) mass is 541 g/mol. The molecule has 224 valence electrons. The van der Waals surface area contributed by atoms with Gasteiger partial charge in [0, 0.05) is 26.3 Å². The number of amides is 1. The normalized spacial score (nSPS) is 7.08. The number of benzene rings is 3. The van der Waals surface area contributed by atoms with E-state index in [1.54, 1.807) is 0 Å². The number of hydrogen-bond donors (Lipinski definition) is 1. The van der Waals surface area contributed by atoms with Gasteiger partial charge in [-0.15, -0.1) is 0 Å². The highest BCUT2D eigenvalue weighted by atomic mass is 16.1. The number of rotatable bonds is 3. The lowest BCUT2D eigenvalue weighted by Gasteiger charge is -1.88. The molecule has 0 aromatic heterocycles. The largest absolute Gasteiger partial charge is 0.357 e. The third-order valence-corrected chi connectivity index (χ3v) is 3.21. The van der Waals surface area contributed by atoms with Gasteiger partial charge in [-0.2, -0.15) is 0 Å². The lowest BCUT2D eigenvalue weighted by molar-refractivity contribution is -0.119. The lowest BCUT2D eigenvalue weighted by atomic mass is 10.3. The summed E-state index contributed by atoms with van der Waals surface area (Å²) in [5, 5.41) is 2.57. The summed E-state index contributed by atoms with van der Waals surface area (Å²) in [5.74, 6) is 0.382. The van der Waals surface area contributed by atoms with Crippen LogP contribution in [0.1, 0.15) is 102 Å². The maximum atomic E-state index is 10.2. The molecule has 3 heteroatoms. The van der Waals surface area contributed by atoms with Crippen LogP contribution in [-0.4, -0.2) is 18.2 Å². The highest BCUT2D eigenvalue weighted by Crippen LogP contribution is 1.83. The first kappa shape index (κ1) is 48.8. The fraction of sp³-hybridized carbons (Fsp3) is 0.444. The molecule has 3 rings (SSSR count). The van der Waals surface area contributed by atoms with Crippen molar-refractivity contribution in [3.63, 3.8) is 0 Å². The van der Waals surface area contributed by atoms with Gasteiger partial charge in [-0.05, 0) is 6.92 Å². The van der Waals surface area contributed by atoms with E-state index in [0.29, 0.717) is 18.6 Å². The Morgan fingerprint density at radius 2 is 0.590 bits per heavy atom. The number of Topliss-reactive ketones (excluding diaryl/α,β-unsaturated/α-hetero) is 1. The third kappa shape index (κ3) is 78.8. The number of ketones is 1. The Balaban J connectivity index is -0.0000000813. The molecule has 0 saturated carbocycles. The van der Waals surface area contributed by atoms with Gasteiger partial charge < -0.3 is 5.32 Å². The fourth-order valence-electron chi connectivity index (χ4n) is 1.65. The summed E-state index contributed by atoms with van der Waals surface area (Å²) in [6.07, 6.45) is 2.63. The van der Waals surface area contributed by atoms with Crippen molar-refractivity contribution in [1.29, 1.82) is 0 Å². The maximum Gasteiger partial charge on any atom is 0.216 e. The molecule has 3 aromatic carbocycles. The smallest absolute Gasteiger partial charge is 0.216 e. The van der Waals surface area contributed by atoms with Gasteiger partial charge in [0.15, 0.2) is 0 Å². The van der Waals surface area contributed by atoms with Gasteiger partial charge in [-0.3, -0.25) is 9.59 Å². The number of carbonyl (C=O) groups excluding carboxylic acids is 2. The van der Waals surface area contributed by atoms with Crippen LogP contribution in [0.2, 0.25) is 0 Å². The zero-order chi connectivity index (χ0) is 31.4. The summed E-state index contributed by atoms with van der Waals surface area (Å²) in [6.45, 7) is 24.1. The van der Waals surface area contributed by atoms with Crippen molar-refractivity contribution < 1.29 is 9.59 Å². The first-order valence-electron chi connectivity index (χ1n) is 14.8. The van der Waals surface area contributed by atoms with Crippen molar-refractivity contribution >= 4 is 11.7 Å².